The number of aromatic nitrogens is 1. The first-order valence-electron chi connectivity index (χ1n) is 8.30. The Morgan fingerprint density at radius 2 is 2.00 bits per heavy atom. The largest absolute Gasteiger partial charge is 0.369 e. The fourth-order valence-corrected chi connectivity index (χ4v) is 3.52. The quantitative estimate of drug-likeness (QED) is 0.848. The molecule has 2 aromatic rings. The molecule has 120 valence electrons. The summed E-state index contributed by atoms with van der Waals surface area (Å²) in [6.45, 7) is 3.50. The second-order valence-electron chi connectivity index (χ2n) is 6.43. The molecule has 0 spiro atoms. The van der Waals surface area contributed by atoms with Gasteiger partial charge in [-0.1, -0.05) is 11.6 Å². The topological polar surface area (TPSA) is 36.4 Å². The van der Waals surface area contributed by atoms with Crippen molar-refractivity contribution in [1.29, 1.82) is 0 Å². The van der Waals surface area contributed by atoms with Gasteiger partial charge in [0.25, 0.3) is 0 Å². The molecule has 1 amide bonds. The van der Waals surface area contributed by atoms with Crippen LogP contribution in [0, 0.1) is 5.92 Å². The highest BCUT2D eigenvalue weighted by Gasteiger charge is 2.34. The van der Waals surface area contributed by atoms with Crippen molar-refractivity contribution in [3.63, 3.8) is 0 Å². The maximum atomic E-state index is 12.3. The van der Waals surface area contributed by atoms with Gasteiger partial charge in [-0.15, -0.1) is 0 Å². The van der Waals surface area contributed by atoms with Crippen LogP contribution in [0.1, 0.15) is 19.3 Å². The molecule has 5 heteroatoms. The summed E-state index contributed by atoms with van der Waals surface area (Å²) in [6, 6.07) is 7.87. The zero-order valence-electron chi connectivity index (χ0n) is 13.0. The van der Waals surface area contributed by atoms with E-state index in [0.29, 0.717) is 11.8 Å². The highest BCUT2D eigenvalue weighted by molar-refractivity contribution is 6.31. The van der Waals surface area contributed by atoms with E-state index in [1.807, 2.05) is 29.3 Å². The summed E-state index contributed by atoms with van der Waals surface area (Å²) in [6.07, 6.45) is 5.01. The molecule has 1 saturated carbocycles. The summed E-state index contributed by atoms with van der Waals surface area (Å²) in [4.78, 5) is 21.1. The van der Waals surface area contributed by atoms with Gasteiger partial charge in [0.05, 0.1) is 5.52 Å². The van der Waals surface area contributed by atoms with Gasteiger partial charge in [-0.05, 0) is 43.5 Å². The first-order chi connectivity index (χ1) is 11.2. The minimum Gasteiger partial charge on any atom is -0.369 e. The Hall–Kier alpha value is -1.81. The molecule has 2 heterocycles. The van der Waals surface area contributed by atoms with Crippen molar-refractivity contribution in [2.75, 3.05) is 31.1 Å². The zero-order valence-corrected chi connectivity index (χ0v) is 13.8. The summed E-state index contributed by atoms with van der Waals surface area (Å²) in [7, 11) is 0. The van der Waals surface area contributed by atoms with Gasteiger partial charge < -0.3 is 9.80 Å². The first-order valence-corrected chi connectivity index (χ1v) is 8.68. The number of benzene rings is 1. The Kier molecular flexibility index (Phi) is 3.85. The number of carbonyl (C=O) groups excluding carboxylic acids is 1. The number of hydrogen-bond acceptors (Lipinski definition) is 3. The highest BCUT2D eigenvalue weighted by Crippen LogP contribution is 2.32. The molecule has 1 saturated heterocycles. The summed E-state index contributed by atoms with van der Waals surface area (Å²) in [5.41, 5.74) is 2.13. The summed E-state index contributed by atoms with van der Waals surface area (Å²) >= 11 is 6.17. The predicted octanol–water partition coefficient (Wildman–Crippen LogP) is 3.34. The number of hydrogen-bond donors (Lipinski definition) is 0. The van der Waals surface area contributed by atoms with Crippen LogP contribution >= 0.6 is 11.6 Å². The zero-order chi connectivity index (χ0) is 15.8. The van der Waals surface area contributed by atoms with E-state index < -0.39 is 0 Å². The number of fused-ring (bicyclic) bond motifs is 1. The summed E-state index contributed by atoms with van der Waals surface area (Å²) in [5, 5.41) is 1.81. The van der Waals surface area contributed by atoms with E-state index in [0.717, 1.165) is 61.4 Å². The smallest absolute Gasteiger partial charge is 0.225 e. The number of carbonyl (C=O) groups is 1. The molecule has 2 aliphatic rings. The maximum Gasteiger partial charge on any atom is 0.225 e. The second-order valence-corrected chi connectivity index (χ2v) is 6.87. The van der Waals surface area contributed by atoms with Gasteiger partial charge in [-0.2, -0.15) is 0 Å². The van der Waals surface area contributed by atoms with E-state index in [4.69, 9.17) is 11.6 Å². The monoisotopic (exact) mass is 329 g/mol. The van der Waals surface area contributed by atoms with Crippen molar-refractivity contribution < 1.29 is 4.79 Å². The molecule has 1 aliphatic carbocycles. The van der Waals surface area contributed by atoms with Crippen molar-refractivity contribution in [2.24, 2.45) is 5.92 Å². The average molecular weight is 330 g/mol. The predicted molar refractivity (Wildman–Crippen MR) is 92.9 cm³/mol. The van der Waals surface area contributed by atoms with Gasteiger partial charge >= 0.3 is 0 Å². The van der Waals surface area contributed by atoms with Crippen molar-refractivity contribution in [2.45, 2.75) is 19.3 Å². The van der Waals surface area contributed by atoms with E-state index in [9.17, 15) is 4.79 Å². The number of anilines is 1. The van der Waals surface area contributed by atoms with Crippen LogP contribution in [-0.4, -0.2) is 42.0 Å². The lowest BCUT2D eigenvalue weighted by Crippen LogP contribution is -2.36. The van der Waals surface area contributed by atoms with Gasteiger partial charge in [-0.3, -0.25) is 9.78 Å². The third-order valence-electron chi connectivity index (χ3n) is 4.76. The van der Waals surface area contributed by atoms with Crippen molar-refractivity contribution >= 4 is 34.1 Å². The molecule has 2 fully saturated rings. The van der Waals surface area contributed by atoms with E-state index in [2.05, 4.69) is 16.0 Å². The molecule has 1 aromatic heterocycles. The van der Waals surface area contributed by atoms with Crippen LogP contribution in [0.5, 0.6) is 0 Å². The molecule has 23 heavy (non-hydrogen) atoms. The lowest BCUT2D eigenvalue weighted by Gasteiger charge is -2.25. The Balaban J connectivity index is 1.58. The van der Waals surface area contributed by atoms with Crippen molar-refractivity contribution in [3.8, 4) is 0 Å². The van der Waals surface area contributed by atoms with Gasteiger partial charge in [0.15, 0.2) is 0 Å². The summed E-state index contributed by atoms with van der Waals surface area (Å²) < 4.78 is 0. The molecule has 0 N–H and O–H groups in total. The fraction of sp³-hybridized carbons (Fsp3) is 0.444. The molecular weight excluding hydrogens is 310 g/mol. The van der Waals surface area contributed by atoms with Crippen LogP contribution in [-0.2, 0) is 4.79 Å². The average Bonchev–Trinajstić information content (AvgIpc) is 3.40. The minimum atomic E-state index is 0.308. The van der Waals surface area contributed by atoms with Crippen LogP contribution < -0.4 is 4.90 Å². The number of halogens is 1. The maximum absolute atomic E-state index is 12.3. The van der Waals surface area contributed by atoms with Gasteiger partial charge in [0, 0.05) is 54.4 Å². The van der Waals surface area contributed by atoms with Gasteiger partial charge in [0.2, 0.25) is 5.91 Å². The Bertz CT molecular complexity index is 744. The molecule has 4 nitrogen and oxygen atoms in total. The van der Waals surface area contributed by atoms with Crippen LogP contribution in [0.3, 0.4) is 0 Å². The lowest BCUT2D eigenvalue weighted by molar-refractivity contribution is -0.132. The molecule has 0 bridgehead atoms. The Morgan fingerprint density at radius 1 is 1.13 bits per heavy atom. The molecule has 0 atom stereocenters. The highest BCUT2D eigenvalue weighted by atomic mass is 35.5. The summed E-state index contributed by atoms with van der Waals surface area (Å²) in [5.74, 6) is 0.664. The Morgan fingerprint density at radius 3 is 2.83 bits per heavy atom. The minimum absolute atomic E-state index is 0.308. The van der Waals surface area contributed by atoms with E-state index >= 15 is 0 Å². The normalized spacial score (nSPS) is 19.0. The standard InChI is InChI=1S/C18H20ClN3O/c19-14-4-5-16-15(12-14)17(6-7-20-16)21-8-1-9-22(11-10-21)18(23)13-2-3-13/h4-7,12-13H,1-3,8-11H2. The Labute approximate surface area is 141 Å². The molecule has 0 unspecified atom stereocenters. The van der Waals surface area contributed by atoms with Crippen LogP contribution in [0.15, 0.2) is 30.5 Å². The SMILES string of the molecule is O=C(C1CC1)N1CCCN(c2ccnc3ccc(Cl)cc23)CC1. The van der Waals surface area contributed by atoms with E-state index in [1.165, 1.54) is 5.69 Å². The van der Waals surface area contributed by atoms with E-state index in [1.54, 1.807) is 0 Å². The third-order valence-corrected chi connectivity index (χ3v) is 4.99. The lowest BCUT2D eigenvalue weighted by atomic mass is 10.1. The van der Waals surface area contributed by atoms with Crippen LogP contribution in [0.2, 0.25) is 5.02 Å². The number of amides is 1. The first kappa shape index (κ1) is 14.8. The van der Waals surface area contributed by atoms with Crippen LogP contribution in [0.25, 0.3) is 10.9 Å². The molecular formula is C18H20ClN3O. The number of nitrogens with zero attached hydrogens (tertiary/aromatic N) is 3. The van der Waals surface area contributed by atoms with Crippen molar-refractivity contribution in [1.82, 2.24) is 9.88 Å². The number of pyridine rings is 1. The third kappa shape index (κ3) is 3.00. The molecule has 4 rings (SSSR count). The van der Waals surface area contributed by atoms with Crippen molar-refractivity contribution in [3.05, 3.63) is 35.5 Å². The number of rotatable bonds is 2. The van der Waals surface area contributed by atoms with Crippen LogP contribution in [0.4, 0.5) is 5.69 Å². The molecule has 0 radical (unpaired) electrons. The second kappa shape index (κ2) is 6.00. The molecule has 1 aliphatic heterocycles. The van der Waals surface area contributed by atoms with Gasteiger partial charge in [0.1, 0.15) is 0 Å². The van der Waals surface area contributed by atoms with E-state index in [-0.39, 0.29) is 0 Å². The van der Waals surface area contributed by atoms with Gasteiger partial charge in [-0.25, -0.2) is 0 Å². The molecule has 1 aromatic carbocycles. The fourth-order valence-electron chi connectivity index (χ4n) is 3.35.